The van der Waals surface area contributed by atoms with Crippen LogP contribution < -0.4 is 25.1 Å². The van der Waals surface area contributed by atoms with Crippen molar-refractivity contribution in [2.45, 2.75) is 25.9 Å². The van der Waals surface area contributed by atoms with E-state index in [1.165, 1.54) is 18.8 Å². The maximum atomic E-state index is 13.4. The Morgan fingerprint density at radius 3 is 2.42 bits per heavy atom. The number of nitrogens with zero attached hydrogens (tertiary/aromatic N) is 1. The fourth-order valence-electron chi connectivity index (χ4n) is 4.02. The Labute approximate surface area is 192 Å². The van der Waals surface area contributed by atoms with E-state index >= 15 is 0 Å². The number of nitrogens with one attached hydrogen (secondary N) is 1. The van der Waals surface area contributed by atoms with Crippen molar-refractivity contribution in [3.63, 3.8) is 0 Å². The van der Waals surface area contributed by atoms with Crippen molar-refractivity contribution in [3.05, 3.63) is 58.5 Å². The van der Waals surface area contributed by atoms with Crippen LogP contribution in [0.25, 0.3) is 16.5 Å². The predicted octanol–water partition coefficient (Wildman–Crippen LogP) is 3.32. The highest BCUT2D eigenvalue weighted by molar-refractivity contribution is 6.07. The number of hydrogen-bond acceptors (Lipinski definition) is 6. The van der Waals surface area contributed by atoms with E-state index in [4.69, 9.17) is 18.9 Å². The number of methoxy groups -OCH3 is 2. The highest BCUT2D eigenvalue weighted by Crippen LogP contribution is 2.32. The molecule has 1 aliphatic rings. The minimum atomic E-state index is -0.289. The fourth-order valence-corrected chi connectivity index (χ4v) is 4.02. The van der Waals surface area contributed by atoms with Gasteiger partial charge in [-0.05, 0) is 56.2 Å². The van der Waals surface area contributed by atoms with Crippen molar-refractivity contribution < 1.29 is 23.7 Å². The van der Waals surface area contributed by atoms with Gasteiger partial charge < -0.3 is 24.3 Å². The van der Waals surface area contributed by atoms with Crippen molar-refractivity contribution >= 4 is 16.7 Å². The molecule has 0 saturated carbocycles. The van der Waals surface area contributed by atoms with Crippen LogP contribution in [0.5, 0.6) is 17.2 Å². The lowest BCUT2D eigenvalue weighted by Gasteiger charge is -2.16. The number of benzene rings is 2. The Hall–Kier alpha value is -3.52. The van der Waals surface area contributed by atoms with Gasteiger partial charge in [-0.25, -0.2) is 0 Å². The highest BCUT2D eigenvalue weighted by Gasteiger charge is 2.21. The van der Waals surface area contributed by atoms with Gasteiger partial charge in [0.1, 0.15) is 5.75 Å². The molecule has 2 aromatic carbocycles. The van der Waals surface area contributed by atoms with Crippen LogP contribution >= 0.6 is 0 Å². The Morgan fingerprint density at radius 2 is 1.82 bits per heavy atom. The Kier molecular flexibility index (Phi) is 6.84. The van der Waals surface area contributed by atoms with E-state index in [9.17, 15) is 9.59 Å². The first-order valence-corrected chi connectivity index (χ1v) is 11.0. The average molecular weight is 453 g/mol. The summed E-state index contributed by atoms with van der Waals surface area (Å²) in [5.41, 5.74) is 0.705. The van der Waals surface area contributed by atoms with Gasteiger partial charge in [0.15, 0.2) is 11.5 Å². The van der Waals surface area contributed by atoms with Gasteiger partial charge in [-0.2, -0.15) is 0 Å². The van der Waals surface area contributed by atoms with Crippen LogP contribution in [0.1, 0.15) is 30.1 Å². The normalized spacial score (nSPS) is 15.4. The average Bonchev–Trinajstić information content (AvgIpc) is 3.36. The van der Waals surface area contributed by atoms with E-state index in [2.05, 4.69) is 5.32 Å². The second kappa shape index (κ2) is 9.95. The van der Waals surface area contributed by atoms with Crippen molar-refractivity contribution in [2.24, 2.45) is 0 Å². The molecule has 8 heteroatoms. The lowest BCUT2D eigenvalue weighted by molar-refractivity contribution is 0.0858. The number of pyridine rings is 1. The maximum absolute atomic E-state index is 13.4. The summed E-state index contributed by atoms with van der Waals surface area (Å²) < 4.78 is 23.4. The number of fused-ring (bicyclic) bond motifs is 1. The number of rotatable bonds is 8. The summed E-state index contributed by atoms with van der Waals surface area (Å²) in [4.78, 5) is 26.7. The molecule has 0 radical (unpaired) electrons. The second-order valence-electron chi connectivity index (χ2n) is 7.74. The van der Waals surface area contributed by atoms with Crippen molar-refractivity contribution in [1.29, 1.82) is 0 Å². The van der Waals surface area contributed by atoms with Crippen LogP contribution in [-0.4, -0.2) is 50.6 Å². The second-order valence-corrected chi connectivity index (χ2v) is 7.74. The molecule has 1 N–H and O–H groups in total. The van der Waals surface area contributed by atoms with Crippen LogP contribution in [0.4, 0.5) is 0 Å². The van der Waals surface area contributed by atoms with Crippen LogP contribution in [0.15, 0.2) is 47.4 Å². The van der Waals surface area contributed by atoms with Gasteiger partial charge in [-0.15, -0.1) is 0 Å². The van der Waals surface area contributed by atoms with Gasteiger partial charge in [0.05, 0.1) is 37.9 Å². The third-order valence-corrected chi connectivity index (χ3v) is 5.71. The van der Waals surface area contributed by atoms with E-state index < -0.39 is 0 Å². The number of hydrogen-bond donors (Lipinski definition) is 1. The van der Waals surface area contributed by atoms with Crippen LogP contribution in [-0.2, 0) is 4.74 Å². The topological polar surface area (TPSA) is 88.0 Å². The number of carbonyl (C=O) groups excluding carboxylic acids is 1. The Balaban J connectivity index is 1.83. The molecular weight excluding hydrogens is 424 g/mol. The SMILES string of the molecule is CCOc1ccc(-n2cc(C(=O)NC[C@H]3CCCO3)c3cc(OC)c(OC)cc3c2=O)cc1. The molecule has 8 nitrogen and oxygen atoms in total. The number of aromatic nitrogens is 1. The summed E-state index contributed by atoms with van der Waals surface area (Å²) in [5, 5.41) is 3.80. The summed E-state index contributed by atoms with van der Waals surface area (Å²) >= 11 is 0. The zero-order valence-electron chi connectivity index (χ0n) is 19.1. The van der Waals surface area contributed by atoms with E-state index in [1.807, 2.05) is 6.92 Å². The third kappa shape index (κ3) is 4.66. The first-order valence-electron chi connectivity index (χ1n) is 11.0. The first kappa shape index (κ1) is 22.7. The zero-order chi connectivity index (χ0) is 23.4. The van der Waals surface area contributed by atoms with Crippen molar-refractivity contribution in [2.75, 3.05) is 34.0 Å². The Morgan fingerprint density at radius 1 is 1.12 bits per heavy atom. The third-order valence-electron chi connectivity index (χ3n) is 5.71. The van der Waals surface area contributed by atoms with Gasteiger partial charge in [0.25, 0.3) is 11.5 Å². The minimum absolute atomic E-state index is 0.00635. The molecule has 0 unspecified atom stereocenters. The van der Waals surface area contributed by atoms with Crippen molar-refractivity contribution in [1.82, 2.24) is 9.88 Å². The predicted molar refractivity (Wildman–Crippen MR) is 125 cm³/mol. The van der Waals surface area contributed by atoms with Crippen molar-refractivity contribution in [3.8, 4) is 22.9 Å². The molecule has 1 atom stereocenters. The standard InChI is InChI=1S/C25H28N2O6/c1-4-32-17-9-7-16(8-10-17)27-15-21(24(28)26-14-18-6-5-11-33-18)19-12-22(30-2)23(31-3)13-20(19)25(27)29/h7-10,12-13,15,18H,4-6,11,14H2,1-3H3,(H,26,28)/t18-/m1/s1. The minimum Gasteiger partial charge on any atom is -0.494 e. The molecule has 0 bridgehead atoms. The molecule has 1 saturated heterocycles. The highest BCUT2D eigenvalue weighted by atomic mass is 16.5. The molecule has 1 amide bonds. The molecular formula is C25H28N2O6. The smallest absolute Gasteiger partial charge is 0.263 e. The largest absolute Gasteiger partial charge is 0.494 e. The fraction of sp³-hybridized carbons (Fsp3) is 0.360. The number of ether oxygens (including phenoxy) is 4. The number of amides is 1. The van der Waals surface area contributed by atoms with Gasteiger partial charge >= 0.3 is 0 Å². The lowest BCUT2D eigenvalue weighted by Crippen LogP contribution is -2.33. The summed E-state index contributed by atoms with van der Waals surface area (Å²) in [6, 6.07) is 10.4. The monoisotopic (exact) mass is 452 g/mol. The van der Waals surface area contributed by atoms with Crippen LogP contribution in [0.2, 0.25) is 0 Å². The van der Waals surface area contributed by atoms with E-state index in [0.29, 0.717) is 59.0 Å². The molecule has 1 aromatic heterocycles. The molecule has 1 fully saturated rings. The first-order chi connectivity index (χ1) is 16.0. The molecule has 2 heterocycles. The number of carbonyl (C=O) groups is 1. The Bertz CT molecular complexity index is 1200. The summed E-state index contributed by atoms with van der Waals surface area (Å²) in [5.74, 6) is 1.27. The van der Waals surface area contributed by atoms with Crippen LogP contribution in [0, 0.1) is 0 Å². The van der Waals surface area contributed by atoms with Gasteiger partial charge in [0.2, 0.25) is 0 Å². The zero-order valence-corrected chi connectivity index (χ0v) is 19.1. The van der Waals surface area contributed by atoms with Gasteiger partial charge in [0, 0.05) is 30.4 Å². The molecule has 0 aliphatic carbocycles. The summed E-state index contributed by atoms with van der Waals surface area (Å²) in [6.45, 7) is 3.58. The molecule has 0 spiro atoms. The van der Waals surface area contributed by atoms with Gasteiger partial charge in [-0.3, -0.25) is 14.2 Å². The molecule has 174 valence electrons. The molecule has 4 rings (SSSR count). The molecule has 1 aliphatic heterocycles. The van der Waals surface area contributed by atoms with Gasteiger partial charge in [-0.1, -0.05) is 0 Å². The van der Waals surface area contributed by atoms with E-state index in [1.54, 1.807) is 42.6 Å². The lowest BCUT2D eigenvalue weighted by atomic mass is 10.0. The quantitative estimate of drug-likeness (QED) is 0.564. The van der Waals surface area contributed by atoms with E-state index in [0.717, 1.165) is 12.8 Å². The summed E-state index contributed by atoms with van der Waals surface area (Å²) in [7, 11) is 3.02. The summed E-state index contributed by atoms with van der Waals surface area (Å²) in [6.07, 6.45) is 3.48. The molecule has 33 heavy (non-hydrogen) atoms. The van der Waals surface area contributed by atoms with Crippen LogP contribution in [0.3, 0.4) is 0 Å². The molecule has 3 aromatic rings. The van der Waals surface area contributed by atoms with E-state index in [-0.39, 0.29) is 17.6 Å². The maximum Gasteiger partial charge on any atom is 0.263 e.